The van der Waals surface area contributed by atoms with Gasteiger partial charge in [-0.05, 0) is 24.7 Å². The Hall–Kier alpha value is -0.0800. The summed E-state index contributed by atoms with van der Waals surface area (Å²) >= 11 is 0. The van der Waals surface area contributed by atoms with E-state index in [0.29, 0.717) is 18.0 Å². The van der Waals surface area contributed by atoms with E-state index in [2.05, 4.69) is 0 Å². The van der Waals surface area contributed by atoms with Gasteiger partial charge >= 0.3 is 0 Å². The summed E-state index contributed by atoms with van der Waals surface area (Å²) in [4.78, 5) is 0. The van der Waals surface area contributed by atoms with Crippen LogP contribution >= 0.6 is 0 Å². The molecule has 4 unspecified atom stereocenters. The largest absolute Gasteiger partial charge is 0.327 e. The minimum absolute atomic E-state index is 0.440. The summed E-state index contributed by atoms with van der Waals surface area (Å²) in [6.45, 7) is 0. The van der Waals surface area contributed by atoms with Crippen molar-refractivity contribution in [1.29, 1.82) is 0 Å². The lowest BCUT2D eigenvalue weighted by Gasteiger charge is -2.03. The summed E-state index contributed by atoms with van der Waals surface area (Å²) < 4.78 is 0. The van der Waals surface area contributed by atoms with Crippen LogP contribution in [-0.2, 0) is 0 Å². The van der Waals surface area contributed by atoms with Gasteiger partial charge in [0.1, 0.15) is 0 Å². The van der Waals surface area contributed by atoms with Crippen molar-refractivity contribution in [3.63, 3.8) is 0 Å². The second-order valence-electron chi connectivity index (χ2n) is 3.06. The second kappa shape index (κ2) is 1.25. The van der Waals surface area contributed by atoms with Crippen molar-refractivity contribution in [2.24, 2.45) is 23.3 Å². The van der Waals surface area contributed by atoms with Gasteiger partial charge in [0.2, 0.25) is 0 Å². The van der Waals surface area contributed by atoms with E-state index in [1.54, 1.807) is 0 Å². The predicted molar refractivity (Wildman–Crippen MR) is 32.2 cm³/mol. The highest BCUT2D eigenvalue weighted by molar-refractivity contribution is 5.10. The lowest BCUT2D eigenvalue weighted by Crippen LogP contribution is -2.24. The van der Waals surface area contributed by atoms with Gasteiger partial charge in [-0.15, -0.1) is 0 Å². The SMILES string of the molecule is NC1CCC2C(N)C12. The van der Waals surface area contributed by atoms with Crippen LogP contribution < -0.4 is 11.5 Å². The van der Waals surface area contributed by atoms with Crippen molar-refractivity contribution in [3.05, 3.63) is 0 Å². The molecule has 2 fully saturated rings. The van der Waals surface area contributed by atoms with Gasteiger partial charge in [-0.25, -0.2) is 0 Å². The Balaban J connectivity index is 2.07. The molecule has 2 nitrogen and oxygen atoms in total. The molecule has 4 atom stereocenters. The molecule has 2 saturated carbocycles. The summed E-state index contributed by atoms with van der Waals surface area (Å²) in [6, 6.07) is 0.911. The van der Waals surface area contributed by atoms with E-state index in [9.17, 15) is 0 Å². The molecule has 2 aliphatic rings. The maximum absolute atomic E-state index is 5.73. The minimum Gasteiger partial charge on any atom is -0.327 e. The van der Waals surface area contributed by atoms with Crippen LogP contribution in [0.2, 0.25) is 0 Å². The van der Waals surface area contributed by atoms with Gasteiger partial charge in [0.25, 0.3) is 0 Å². The zero-order chi connectivity index (χ0) is 5.72. The van der Waals surface area contributed by atoms with Crippen molar-refractivity contribution in [1.82, 2.24) is 0 Å². The number of hydrogen-bond donors (Lipinski definition) is 2. The van der Waals surface area contributed by atoms with Gasteiger partial charge in [0.05, 0.1) is 0 Å². The van der Waals surface area contributed by atoms with Crippen molar-refractivity contribution in [3.8, 4) is 0 Å². The van der Waals surface area contributed by atoms with Crippen LogP contribution in [0, 0.1) is 11.8 Å². The molecule has 0 aliphatic heterocycles. The summed E-state index contributed by atoms with van der Waals surface area (Å²) in [6.07, 6.45) is 2.50. The number of fused-ring (bicyclic) bond motifs is 1. The topological polar surface area (TPSA) is 52.0 Å². The number of hydrogen-bond acceptors (Lipinski definition) is 2. The fraction of sp³-hybridized carbons (Fsp3) is 1.00. The number of nitrogens with two attached hydrogens (primary N) is 2. The van der Waals surface area contributed by atoms with Crippen molar-refractivity contribution in [2.45, 2.75) is 24.9 Å². The molecule has 8 heavy (non-hydrogen) atoms. The smallest absolute Gasteiger partial charge is 0.0117 e. The van der Waals surface area contributed by atoms with Crippen LogP contribution in [0.5, 0.6) is 0 Å². The first-order valence-electron chi connectivity index (χ1n) is 3.32. The van der Waals surface area contributed by atoms with Crippen molar-refractivity contribution in [2.75, 3.05) is 0 Å². The molecule has 2 heteroatoms. The molecule has 0 bridgehead atoms. The molecule has 4 N–H and O–H groups in total. The minimum atomic E-state index is 0.440. The van der Waals surface area contributed by atoms with Gasteiger partial charge in [0, 0.05) is 12.1 Å². The molecular formula is C6H12N2. The zero-order valence-corrected chi connectivity index (χ0v) is 4.88. The maximum atomic E-state index is 5.73. The highest BCUT2D eigenvalue weighted by atomic mass is 14.9. The molecule has 0 radical (unpaired) electrons. The molecule has 2 aliphatic carbocycles. The van der Waals surface area contributed by atoms with Crippen molar-refractivity contribution < 1.29 is 0 Å². The monoisotopic (exact) mass is 112 g/mol. The maximum Gasteiger partial charge on any atom is 0.0117 e. The standard InChI is InChI=1S/C6H12N2/c7-4-2-1-3-5(4)6(3)8/h3-6H,1-2,7-8H2. The lowest BCUT2D eigenvalue weighted by molar-refractivity contribution is 0.582. The molecular weight excluding hydrogens is 100 g/mol. The van der Waals surface area contributed by atoms with Gasteiger partial charge in [-0.3, -0.25) is 0 Å². The van der Waals surface area contributed by atoms with E-state index in [1.807, 2.05) is 0 Å². The zero-order valence-electron chi connectivity index (χ0n) is 4.88. The first-order chi connectivity index (χ1) is 3.80. The molecule has 0 aromatic heterocycles. The van der Waals surface area contributed by atoms with E-state index in [1.165, 1.54) is 12.8 Å². The fourth-order valence-corrected chi connectivity index (χ4v) is 1.99. The van der Waals surface area contributed by atoms with Crippen LogP contribution in [0.3, 0.4) is 0 Å². The van der Waals surface area contributed by atoms with Crippen molar-refractivity contribution >= 4 is 0 Å². The van der Waals surface area contributed by atoms with Crippen LogP contribution in [0.15, 0.2) is 0 Å². The highest BCUT2D eigenvalue weighted by Crippen LogP contribution is 2.49. The summed E-state index contributed by atoms with van der Waals surface area (Å²) in [5, 5.41) is 0. The molecule has 2 rings (SSSR count). The fourth-order valence-electron chi connectivity index (χ4n) is 1.99. The average Bonchev–Trinajstić information content (AvgIpc) is 2.13. The summed E-state index contributed by atoms with van der Waals surface area (Å²) in [5.74, 6) is 1.51. The van der Waals surface area contributed by atoms with E-state index < -0.39 is 0 Å². The van der Waals surface area contributed by atoms with E-state index in [-0.39, 0.29) is 0 Å². The van der Waals surface area contributed by atoms with Gasteiger partial charge in [0.15, 0.2) is 0 Å². The lowest BCUT2D eigenvalue weighted by atomic mass is 10.2. The molecule has 0 amide bonds. The second-order valence-corrected chi connectivity index (χ2v) is 3.06. The highest BCUT2D eigenvalue weighted by Gasteiger charge is 2.54. The first kappa shape index (κ1) is 4.77. The van der Waals surface area contributed by atoms with Gasteiger partial charge < -0.3 is 11.5 Å². The van der Waals surface area contributed by atoms with Gasteiger partial charge in [-0.1, -0.05) is 0 Å². The summed E-state index contributed by atoms with van der Waals surface area (Å²) in [7, 11) is 0. The Morgan fingerprint density at radius 1 is 1.12 bits per heavy atom. The van der Waals surface area contributed by atoms with Crippen LogP contribution in [-0.4, -0.2) is 12.1 Å². The number of rotatable bonds is 0. The Morgan fingerprint density at radius 3 is 2.12 bits per heavy atom. The van der Waals surface area contributed by atoms with Crippen LogP contribution in [0.4, 0.5) is 0 Å². The van der Waals surface area contributed by atoms with Crippen LogP contribution in [0.25, 0.3) is 0 Å². The Kier molecular flexibility index (Phi) is 0.746. The third-order valence-corrected chi connectivity index (χ3v) is 2.62. The van der Waals surface area contributed by atoms with E-state index >= 15 is 0 Å². The third kappa shape index (κ3) is 0.400. The Labute approximate surface area is 49.2 Å². The Morgan fingerprint density at radius 2 is 1.88 bits per heavy atom. The molecule has 0 aromatic rings. The summed E-state index contributed by atoms with van der Waals surface area (Å²) in [5.41, 5.74) is 11.4. The normalized spacial score (nSPS) is 60.8. The van der Waals surface area contributed by atoms with Gasteiger partial charge in [-0.2, -0.15) is 0 Å². The van der Waals surface area contributed by atoms with Crippen LogP contribution in [0.1, 0.15) is 12.8 Å². The Bertz CT molecular complexity index is 111. The molecule has 0 aromatic carbocycles. The molecule has 0 heterocycles. The third-order valence-electron chi connectivity index (χ3n) is 2.62. The van der Waals surface area contributed by atoms with E-state index in [4.69, 9.17) is 11.5 Å². The predicted octanol–water partition coefficient (Wildman–Crippen LogP) is -0.319. The van der Waals surface area contributed by atoms with E-state index in [0.717, 1.165) is 5.92 Å². The molecule has 0 spiro atoms. The quantitative estimate of drug-likeness (QED) is 0.451. The first-order valence-corrected chi connectivity index (χ1v) is 3.32. The molecule has 46 valence electrons. The average molecular weight is 112 g/mol. The molecule has 0 saturated heterocycles.